The maximum atomic E-state index is 12.4. The topological polar surface area (TPSA) is 48.4 Å². The molecule has 0 spiro atoms. The Labute approximate surface area is 128 Å². The van der Waals surface area contributed by atoms with Crippen molar-refractivity contribution in [3.8, 4) is 16.9 Å². The van der Waals surface area contributed by atoms with Crippen LogP contribution in [0.1, 0.15) is 10.4 Å². The minimum absolute atomic E-state index is 0.0523. The zero-order valence-electron chi connectivity index (χ0n) is 11.1. The van der Waals surface area contributed by atoms with Gasteiger partial charge in [-0.25, -0.2) is 9.78 Å². The van der Waals surface area contributed by atoms with Gasteiger partial charge in [-0.1, -0.05) is 29.8 Å². The summed E-state index contributed by atoms with van der Waals surface area (Å²) >= 11 is 5.78. The molecule has 2 rings (SSSR count). The number of para-hydroxylation sites is 1. The number of carbonyl (C=O) groups is 1. The van der Waals surface area contributed by atoms with Crippen LogP contribution in [0.4, 0.5) is 13.2 Å². The van der Waals surface area contributed by atoms with E-state index in [0.717, 1.165) is 13.2 Å². The summed E-state index contributed by atoms with van der Waals surface area (Å²) in [6.45, 7) is 0. The van der Waals surface area contributed by atoms with Crippen molar-refractivity contribution < 1.29 is 27.4 Å². The van der Waals surface area contributed by atoms with Crippen molar-refractivity contribution in [1.29, 1.82) is 0 Å². The summed E-state index contributed by atoms with van der Waals surface area (Å²) in [5.41, 5.74) is 0.308. The van der Waals surface area contributed by atoms with Crippen LogP contribution in [0.2, 0.25) is 5.15 Å². The number of aromatic nitrogens is 1. The molecule has 1 aromatic carbocycles. The maximum Gasteiger partial charge on any atom is 0.573 e. The predicted octanol–water partition coefficient (Wildman–Crippen LogP) is 4.09. The number of carbonyl (C=O) groups excluding carboxylic acids is 1. The molecule has 0 bridgehead atoms. The number of alkyl halides is 3. The van der Waals surface area contributed by atoms with Gasteiger partial charge in [-0.15, -0.1) is 13.2 Å². The SMILES string of the molecule is COC(=O)c1cc(-c2ccccc2OC(F)(F)F)cnc1Cl. The van der Waals surface area contributed by atoms with Gasteiger partial charge in [0.15, 0.2) is 0 Å². The molecule has 0 unspecified atom stereocenters. The highest BCUT2D eigenvalue weighted by Gasteiger charge is 2.32. The third-order valence-corrected chi connectivity index (χ3v) is 2.97. The van der Waals surface area contributed by atoms with Crippen LogP contribution < -0.4 is 4.74 Å². The Morgan fingerprint density at radius 3 is 2.59 bits per heavy atom. The molecule has 4 nitrogen and oxygen atoms in total. The van der Waals surface area contributed by atoms with Crippen molar-refractivity contribution in [2.75, 3.05) is 7.11 Å². The number of pyridine rings is 1. The molecule has 116 valence electrons. The molecule has 22 heavy (non-hydrogen) atoms. The number of methoxy groups -OCH3 is 1. The van der Waals surface area contributed by atoms with E-state index >= 15 is 0 Å². The van der Waals surface area contributed by atoms with Crippen LogP contribution in [-0.4, -0.2) is 24.4 Å². The minimum atomic E-state index is -4.83. The Balaban J connectivity index is 2.51. The Hall–Kier alpha value is -2.28. The molecule has 0 fully saturated rings. The average Bonchev–Trinajstić information content (AvgIpc) is 2.46. The first kappa shape index (κ1) is 16.1. The molecular weight excluding hydrogens is 323 g/mol. The lowest BCUT2D eigenvalue weighted by molar-refractivity contribution is -0.274. The summed E-state index contributed by atoms with van der Waals surface area (Å²) in [6.07, 6.45) is -3.59. The van der Waals surface area contributed by atoms with Crippen LogP contribution in [0.3, 0.4) is 0 Å². The van der Waals surface area contributed by atoms with Gasteiger partial charge < -0.3 is 9.47 Å². The highest BCUT2D eigenvalue weighted by atomic mass is 35.5. The van der Waals surface area contributed by atoms with E-state index in [1.165, 1.54) is 30.5 Å². The van der Waals surface area contributed by atoms with Gasteiger partial charge in [0.1, 0.15) is 10.9 Å². The molecule has 0 saturated carbocycles. The van der Waals surface area contributed by atoms with E-state index in [0.29, 0.717) is 0 Å². The van der Waals surface area contributed by atoms with Crippen molar-refractivity contribution in [2.45, 2.75) is 6.36 Å². The highest BCUT2D eigenvalue weighted by molar-refractivity contribution is 6.32. The first-order valence-electron chi connectivity index (χ1n) is 5.91. The quantitative estimate of drug-likeness (QED) is 0.628. The Morgan fingerprint density at radius 1 is 1.27 bits per heavy atom. The maximum absolute atomic E-state index is 12.4. The summed E-state index contributed by atoms with van der Waals surface area (Å²) in [4.78, 5) is 15.4. The molecule has 0 aliphatic heterocycles. The average molecular weight is 332 g/mol. The largest absolute Gasteiger partial charge is 0.573 e. The zero-order valence-corrected chi connectivity index (χ0v) is 11.9. The van der Waals surface area contributed by atoms with Crippen LogP contribution in [0.15, 0.2) is 36.5 Å². The second-order valence-corrected chi connectivity index (χ2v) is 4.46. The van der Waals surface area contributed by atoms with Crippen molar-refractivity contribution in [3.63, 3.8) is 0 Å². The van der Waals surface area contributed by atoms with Gasteiger partial charge >= 0.3 is 12.3 Å². The monoisotopic (exact) mass is 331 g/mol. The second kappa shape index (κ2) is 6.23. The van der Waals surface area contributed by atoms with Gasteiger partial charge in [0, 0.05) is 17.3 Å². The van der Waals surface area contributed by atoms with E-state index in [-0.39, 0.29) is 21.8 Å². The van der Waals surface area contributed by atoms with E-state index < -0.39 is 18.1 Å². The van der Waals surface area contributed by atoms with Crippen molar-refractivity contribution in [3.05, 3.63) is 47.2 Å². The van der Waals surface area contributed by atoms with Gasteiger partial charge in [-0.3, -0.25) is 0 Å². The number of esters is 1. The number of hydrogen-bond acceptors (Lipinski definition) is 4. The molecule has 1 aromatic heterocycles. The molecule has 0 amide bonds. The Kier molecular flexibility index (Phi) is 4.56. The van der Waals surface area contributed by atoms with Crippen molar-refractivity contribution in [1.82, 2.24) is 4.98 Å². The first-order chi connectivity index (χ1) is 10.3. The van der Waals surface area contributed by atoms with Crippen LogP contribution in [0, 0.1) is 0 Å². The molecular formula is C14H9ClF3NO3. The fourth-order valence-corrected chi connectivity index (χ4v) is 1.95. The van der Waals surface area contributed by atoms with Gasteiger partial charge in [-0.05, 0) is 12.1 Å². The first-order valence-corrected chi connectivity index (χ1v) is 6.28. The molecule has 0 aliphatic carbocycles. The van der Waals surface area contributed by atoms with E-state index in [9.17, 15) is 18.0 Å². The normalized spacial score (nSPS) is 11.1. The van der Waals surface area contributed by atoms with Gasteiger partial charge in [-0.2, -0.15) is 0 Å². The third-order valence-electron chi connectivity index (χ3n) is 2.67. The molecule has 0 radical (unpaired) electrons. The number of ether oxygens (including phenoxy) is 2. The summed E-state index contributed by atoms with van der Waals surface area (Å²) in [5, 5.41) is -0.107. The Morgan fingerprint density at radius 2 is 1.95 bits per heavy atom. The highest BCUT2D eigenvalue weighted by Crippen LogP contribution is 2.34. The van der Waals surface area contributed by atoms with Crippen molar-refractivity contribution in [2.24, 2.45) is 0 Å². The molecule has 2 aromatic rings. The lowest BCUT2D eigenvalue weighted by atomic mass is 10.0. The lowest BCUT2D eigenvalue weighted by Crippen LogP contribution is -2.17. The Bertz CT molecular complexity index is 704. The molecule has 8 heteroatoms. The number of hydrogen-bond donors (Lipinski definition) is 0. The molecule has 0 N–H and O–H groups in total. The molecule has 0 atom stereocenters. The summed E-state index contributed by atoms with van der Waals surface area (Å²) < 4.78 is 45.8. The minimum Gasteiger partial charge on any atom is -0.465 e. The number of rotatable bonds is 3. The third kappa shape index (κ3) is 3.67. The molecule has 0 aliphatic rings. The number of halogens is 4. The fourth-order valence-electron chi connectivity index (χ4n) is 1.77. The van der Waals surface area contributed by atoms with Gasteiger partial charge in [0.2, 0.25) is 0 Å². The van der Waals surface area contributed by atoms with Gasteiger partial charge in [0.25, 0.3) is 0 Å². The zero-order chi connectivity index (χ0) is 16.3. The van der Waals surface area contributed by atoms with Crippen LogP contribution in [0.25, 0.3) is 11.1 Å². The smallest absolute Gasteiger partial charge is 0.465 e. The van der Waals surface area contributed by atoms with Crippen molar-refractivity contribution >= 4 is 17.6 Å². The number of benzene rings is 1. The van der Waals surface area contributed by atoms with Crippen LogP contribution in [0.5, 0.6) is 5.75 Å². The summed E-state index contributed by atoms with van der Waals surface area (Å²) in [5.74, 6) is -1.15. The second-order valence-electron chi connectivity index (χ2n) is 4.10. The molecule has 0 saturated heterocycles. The standard InChI is InChI=1S/C14H9ClF3NO3/c1-21-13(20)10-6-8(7-19-12(10)15)9-4-2-3-5-11(9)22-14(16,17)18/h2-7H,1H3. The summed E-state index contributed by atoms with van der Waals surface area (Å²) in [6, 6.07) is 6.79. The van der Waals surface area contributed by atoms with E-state index in [1.807, 2.05) is 0 Å². The molecule has 1 heterocycles. The van der Waals surface area contributed by atoms with Gasteiger partial charge in [0.05, 0.1) is 12.7 Å². The number of nitrogens with zero attached hydrogens (tertiary/aromatic N) is 1. The van der Waals surface area contributed by atoms with Crippen LogP contribution in [-0.2, 0) is 4.74 Å². The lowest BCUT2D eigenvalue weighted by Gasteiger charge is -2.13. The van der Waals surface area contributed by atoms with Crippen LogP contribution >= 0.6 is 11.6 Å². The summed E-state index contributed by atoms with van der Waals surface area (Å²) in [7, 11) is 1.16. The van der Waals surface area contributed by atoms with E-state index in [2.05, 4.69) is 14.5 Å². The van der Waals surface area contributed by atoms with E-state index in [1.54, 1.807) is 0 Å². The predicted molar refractivity (Wildman–Crippen MR) is 72.7 cm³/mol. The fraction of sp³-hybridized carbons (Fsp3) is 0.143. The van der Waals surface area contributed by atoms with E-state index in [4.69, 9.17) is 11.6 Å².